The molecule has 154 valence electrons. The summed E-state index contributed by atoms with van der Waals surface area (Å²) >= 11 is 0. The van der Waals surface area contributed by atoms with Gasteiger partial charge in [0, 0.05) is 19.2 Å². The quantitative estimate of drug-likeness (QED) is 0.598. The lowest BCUT2D eigenvalue weighted by Gasteiger charge is -2.20. The number of nitrogens with two attached hydrogens (primary N) is 1. The highest BCUT2D eigenvalue weighted by molar-refractivity contribution is 7.92. The van der Waals surface area contributed by atoms with Crippen molar-refractivity contribution in [1.82, 2.24) is 5.32 Å². The van der Waals surface area contributed by atoms with Crippen LogP contribution in [0.3, 0.4) is 0 Å². The zero-order valence-corrected chi connectivity index (χ0v) is 17.6. The van der Waals surface area contributed by atoms with Crippen molar-refractivity contribution in [3.63, 3.8) is 0 Å². The van der Waals surface area contributed by atoms with E-state index in [9.17, 15) is 13.2 Å². The number of unbranched alkanes of at least 4 members (excludes halogenated alkanes) is 1. The highest BCUT2D eigenvalue weighted by atomic mass is 35.5. The van der Waals surface area contributed by atoms with Crippen LogP contribution in [-0.2, 0) is 10.0 Å². The molecule has 2 rings (SSSR count). The van der Waals surface area contributed by atoms with Crippen molar-refractivity contribution < 1.29 is 17.9 Å². The third-order valence-electron chi connectivity index (χ3n) is 4.11. The number of benzene rings is 2. The molecule has 0 radical (unpaired) electrons. The molecule has 28 heavy (non-hydrogen) atoms. The molecule has 9 heteroatoms. The summed E-state index contributed by atoms with van der Waals surface area (Å²) in [4.78, 5) is 12.3. The van der Waals surface area contributed by atoms with Gasteiger partial charge in [-0.15, -0.1) is 12.4 Å². The van der Waals surface area contributed by atoms with Gasteiger partial charge in [0.15, 0.2) is 0 Å². The van der Waals surface area contributed by atoms with Crippen LogP contribution in [0.25, 0.3) is 0 Å². The van der Waals surface area contributed by atoms with Crippen molar-refractivity contribution in [2.24, 2.45) is 5.73 Å². The van der Waals surface area contributed by atoms with Gasteiger partial charge in [0.25, 0.3) is 15.9 Å². The zero-order valence-electron chi connectivity index (χ0n) is 15.9. The lowest BCUT2D eigenvalue weighted by Crippen LogP contribution is -2.28. The van der Waals surface area contributed by atoms with Gasteiger partial charge in [-0.25, -0.2) is 8.42 Å². The Balaban J connectivity index is 0.00000392. The second-order valence-corrected chi connectivity index (χ2v) is 7.92. The first-order valence-electron chi connectivity index (χ1n) is 8.61. The summed E-state index contributed by atoms with van der Waals surface area (Å²) in [6, 6.07) is 12.7. The van der Waals surface area contributed by atoms with Gasteiger partial charge in [-0.3, -0.25) is 9.10 Å². The lowest BCUT2D eigenvalue weighted by molar-refractivity contribution is 0.0953. The number of hydrogen-bond acceptors (Lipinski definition) is 5. The predicted molar refractivity (Wildman–Crippen MR) is 113 cm³/mol. The SMILES string of the molecule is COc1ccc(N(C)S(=O)(=O)c2cccc(C(=O)NCCCCN)c2)cc1.Cl. The minimum atomic E-state index is -3.80. The Bertz CT molecular complexity index is 873. The number of nitrogens with one attached hydrogen (secondary N) is 1. The summed E-state index contributed by atoms with van der Waals surface area (Å²) in [5.74, 6) is 0.328. The van der Waals surface area contributed by atoms with E-state index >= 15 is 0 Å². The number of nitrogens with zero attached hydrogens (tertiary/aromatic N) is 1. The standard InChI is InChI=1S/C19H25N3O4S.ClH/c1-22(16-8-10-17(26-2)11-9-16)27(24,25)18-7-5-6-15(14-18)19(23)21-13-4-3-12-20;/h5-11,14H,3-4,12-13,20H2,1-2H3,(H,21,23);1H. The Hall–Kier alpha value is -2.29. The average Bonchev–Trinajstić information content (AvgIpc) is 2.70. The lowest BCUT2D eigenvalue weighted by atomic mass is 10.2. The van der Waals surface area contributed by atoms with E-state index in [4.69, 9.17) is 10.5 Å². The van der Waals surface area contributed by atoms with Crippen molar-refractivity contribution in [1.29, 1.82) is 0 Å². The fourth-order valence-corrected chi connectivity index (χ4v) is 3.70. The Morgan fingerprint density at radius 1 is 1.14 bits per heavy atom. The Morgan fingerprint density at radius 3 is 2.43 bits per heavy atom. The van der Waals surface area contributed by atoms with Crippen LogP contribution in [0.1, 0.15) is 23.2 Å². The van der Waals surface area contributed by atoms with Crippen LogP contribution in [0, 0.1) is 0 Å². The minimum absolute atomic E-state index is 0. The fraction of sp³-hybridized carbons (Fsp3) is 0.316. The number of rotatable bonds is 9. The molecule has 0 unspecified atom stereocenters. The summed E-state index contributed by atoms with van der Waals surface area (Å²) in [6.45, 7) is 1.07. The number of amides is 1. The second-order valence-electron chi connectivity index (χ2n) is 5.95. The summed E-state index contributed by atoms with van der Waals surface area (Å²) in [6.07, 6.45) is 1.60. The molecule has 0 spiro atoms. The van der Waals surface area contributed by atoms with Gasteiger partial charge in [-0.05, 0) is 61.9 Å². The van der Waals surface area contributed by atoms with Gasteiger partial charge in [-0.2, -0.15) is 0 Å². The molecule has 0 aliphatic carbocycles. The zero-order chi connectivity index (χ0) is 19.9. The van der Waals surface area contributed by atoms with Crippen molar-refractivity contribution >= 4 is 34.0 Å². The fourth-order valence-electron chi connectivity index (χ4n) is 2.46. The molecule has 0 aliphatic heterocycles. The van der Waals surface area contributed by atoms with Gasteiger partial charge in [-0.1, -0.05) is 6.07 Å². The van der Waals surface area contributed by atoms with Gasteiger partial charge in [0.05, 0.1) is 17.7 Å². The number of ether oxygens (including phenoxy) is 1. The second kappa shape index (κ2) is 10.9. The van der Waals surface area contributed by atoms with E-state index in [0.29, 0.717) is 30.1 Å². The summed E-state index contributed by atoms with van der Waals surface area (Å²) in [5, 5.41) is 2.77. The maximum absolute atomic E-state index is 12.9. The van der Waals surface area contributed by atoms with Gasteiger partial charge in [0.2, 0.25) is 0 Å². The van der Waals surface area contributed by atoms with Crippen molar-refractivity contribution in [3.8, 4) is 5.75 Å². The van der Waals surface area contributed by atoms with Crippen LogP contribution in [0.5, 0.6) is 5.75 Å². The first-order valence-corrected chi connectivity index (χ1v) is 10.1. The molecule has 0 aromatic heterocycles. The first-order chi connectivity index (χ1) is 12.9. The molecular weight excluding hydrogens is 402 g/mol. The smallest absolute Gasteiger partial charge is 0.264 e. The highest BCUT2D eigenvalue weighted by Gasteiger charge is 2.22. The molecule has 0 heterocycles. The Labute approximate surface area is 172 Å². The van der Waals surface area contributed by atoms with Gasteiger partial charge >= 0.3 is 0 Å². The van der Waals surface area contributed by atoms with Gasteiger partial charge < -0.3 is 15.8 Å². The van der Waals surface area contributed by atoms with Crippen LogP contribution in [0.2, 0.25) is 0 Å². The van der Waals surface area contributed by atoms with Crippen LogP contribution in [-0.4, -0.2) is 41.6 Å². The molecule has 2 aromatic rings. The number of anilines is 1. The molecule has 0 fully saturated rings. The van der Waals surface area contributed by atoms with E-state index in [0.717, 1.165) is 12.8 Å². The van der Waals surface area contributed by atoms with E-state index in [2.05, 4.69) is 5.32 Å². The van der Waals surface area contributed by atoms with Gasteiger partial charge in [0.1, 0.15) is 5.75 Å². The predicted octanol–water partition coefficient (Wildman–Crippen LogP) is 2.41. The Morgan fingerprint density at radius 2 is 1.82 bits per heavy atom. The maximum atomic E-state index is 12.9. The molecule has 0 bridgehead atoms. The van der Waals surface area contributed by atoms with Crippen LogP contribution < -0.4 is 20.1 Å². The topological polar surface area (TPSA) is 102 Å². The molecule has 0 saturated heterocycles. The molecule has 3 N–H and O–H groups in total. The monoisotopic (exact) mass is 427 g/mol. The normalized spacial score (nSPS) is 10.7. The highest BCUT2D eigenvalue weighted by Crippen LogP contribution is 2.24. The van der Waals surface area contributed by atoms with Crippen LogP contribution >= 0.6 is 12.4 Å². The molecule has 1 amide bonds. The number of methoxy groups -OCH3 is 1. The number of carbonyl (C=O) groups excluding carboxylic acids is 1. The molecule has 0 atom stereocenters. The third-order valence-corrected chi connectivity index (χ3v) is 5.89. The van der Waals surface area contributed by atoms with Crippen LogP contribution in [0.4, 0.5) is 5.69 Å². The molecule has 0 saturated carbocycles. The third kappa shape index (κ3) is 5.85. The summed E-state index contributed by atoms with van der Waals surface area (Å²) in [5.41, 5.74) is 6.22. The molecule has 2 aromatic carbocycles. The van der Waals surface area contributed by atoms with Crippen molar-refractivity contribution in [3.05, 3.63) is 54.1 Å². The number of sulfonamides is 1. The number of hydrogen-bond donors (Lipinski definition) is 2. The van der Waals surface area contributed by atoms with Crippen LogP contribution in [0.15, 0.2) is 53.4 Å². The summed E-state index contributed by atoms with van der Waals surface area (Å²) in [7, 11) is -0.788. The largest absolute Gasteiger partial charge is 0.497 e. The average molecular weight is 428 g/mol. The van der Waals surface area contributed by atoms with E-state index < -0.39 is 10.0 Å². The first kappa shape index (κ1) is 23.7. The molecular formula is C19H26ClN3O4S. The molecule has 0 aliphatic rings. The van der Waals surface area contributed by atoms with E-state index in [1.807, 2.05) is 0 Å². The molecule has 7 nitrogen and oxygen atoms in total. The summed E-state index contributed by atoms with van der Waals surface area (Å²) < 4.78 is 32.1. The van der Waals surface area contributed by atoms with Crippen molar-refractivity contribution in [2.75, 3.05) is 31.6 Å². The maximum Gasteiger partial charge on any atom is 0.264 e. The van der Waals surface area contributed by atoms with Crippen molar-refractivity contribution in [2.45, 2.75) is 17.7 Å². The number of halogens is 1. The minimum Gasteiger partial charge on any atom is -0.497 e. The van der Waals surface area contributed by atoms with E-state index in [-0.39, 0.29) is 23.2 Å². The van der Waals surface area contributed by atoms with E-state index in [1.54, 1.807) is 43.5 Å². The Kier molecular flexibility index (Phi) is 9.24. The van der Waals surface area contributed by atoms with E-state index in [1.165, 1.54) is 23.5 Å². The number of carbonyl (C=O) groups is 1.